The van der Waals surface area contributed by atoms with Crippen LogP contribution in [0.15, 0.2) is 30.3 Å². The molecule has 100 valence electrons. The zero-order valence-electron chi connectivity index (χ0n) is 9.92. The van der Waals surface area contributed by atoms with Crippen molar-refractivity contribution in [3.05, 3.63) is 68.0 Å². The standard InChI is InChI=1S/C14H10F3IO/c1-7-3-2-4-8(13(7)18)14(19)9-5-11(16)12(17)6-10(9)15/h2-6,14,19H,1H3. The lowest BCUT2D eigenvalue weighted by atomic mass is 9.99. The molecule has 1 atom stereocenters. The number of halogens is 4. The molecule has 0 aliphatic heterocycles. The molecule has 0 aliphatic rings. The molecule has 1 N–H and O–H groups in total. The molecule has 0 bridgehead atoms. The lowest BCUT2D eigenvalue weighted by molar-refractivity contribution is 0.213. The molecule has 0 aromatic heterocycles. The van der Waals surface area contributed by atoms with Crippen LogP contribution in [0.1, 0.15) is 22.8 Å². The molecule has 0 heterocycles. The minimum Gasteiger partial charge on any atom is -0.384 e. The number of aliphatic hydroxyl groups excluding tert-OH is 1. The first kappa shape index (κ1) is 14.3. The summed E-state index contributed by atoms with van der Waals surface area (Å²) in [4.78, 5) is 0. The average molecular weight is 378 g/mol. The number of aliphatic hydroxyl groups is 1. The summed E-state index contributed by atoms with van der Waals surface area (Å²) in [6, 6.07) is 6.32. The smallest absolute Gasteiger partial charge is 0.161 e. The van der Waals surface area contributed by atoms with Gasteiger partial charge >= 0.3 is 0 Å². The highest BCUT2D eigenvalue weighted by Gasteiger charge is 2.20. The lowest BCUT2D eigenvalue weighted by Crippen LogP contribution is -2.07. The Balaban J connectivity index is 2.53. The molecular formula is C14H10F3IO. The van der Waals surface area contributed by atoms with E-state index in [0.717, 1.165) is 9.13 Å². The normalized spacial score (nSPS) is 12.5. The third-order valence-electron chi connectivity index (χ3n) is 2.85. The monoisotopic (exact) mass is 378 g/mol. The van der Waals surface area contributed by atoms with E-state index in [0.29, 0.717) is 17.7 Å². The van der Waals surface area contributed by atoms with Gasteiger partial charge in [-0.1, -0.05) is 18.2 Å². The van der Waals surface area contributed by atoms with E-state index in [1.165, 1.54) is 0 Å². The van der Waals surface area contributed by atoms with Gasteiger partial charge in [0.2, 0.25) is 0 Å². The topological polar surface area (TPSA) is 20.2 Å². The summed E-state index contributed by atoms with van der Waals surface area (Å²) in [5.41, 5.74) is 1.10. The van der Waals surface area contributed by atoms with Crippen molar-refractivity contribution in [1.29, 1.82) is 0 Å². The van der Waals surface area contributed by atoms with Gasteiger partial charge in [-0.2, -0.15) is 0 Å². The molecule has 0 fully saturated rings. The first-order chi connectivity index (χ1) is 8.91. The number of rotatable bonds is 2. The molecule has 2 aromatic rings. The predicted molar refractivity (Wildman–Crippen MR) is 74.3 cm³/mol. The second-order valence-corrected chi connectivity index (χ2v) is 5.25. The van der Waals surface area contributed by atoms with Crippen molar-refractivity contribution in [2.24, 2.45) is 0 Å². The van der Waals surface area contributed by atoms with Crippen molar-refractivity contribution in [2.45, 2.75) is 13.0 Å². The van der Waals surface area contributed by atoms with Crippen LogP contribution in [0.2, 0.25) is 0 Å². The van der Waals surface area contributed by atoms with E-state index in [4.69, 9.17) is 0 Å². The molecule has 5 heteroatoms. The highest BCUT2D eigenvalue weighted by Crippen LogP contribution is 2.30. The van der Waals surface area contributed by atoms with Crippen LogP contribution >= 0.6 is 22.6 Å². The van der Waals surface area contributed by atoms with E-state index in [1.54, 1.807) is 12.1 Å². The first-order valence-corrected chi connectivity index (χ1v) is 6.57. The molecule has 1 unspecified atom stereocenters. The van der Waals surface area contributed by atoms with Gasteiger partial charge in [-0.05, 0) is 46.7 Å². The van der Waals surface area contributed by atoms with Crippen LogP contribution in [0.4, 0.5) is 13.2 Å². The molecule has 2 aromatic carbocycles. The third kappa shape index (κ3) is 2.76. The summed E-state index contributed by atoms with van der Waals surface area (Å²) in [5.74, 6) is -3.42. The van der Waals surface area contributed by atoms with E-state index < -0.39 is 23.6 Å². The SMILES string of the molecule is Cc1cccc(C(O)c2cc(F)c(F)cc2F)c1I. The summed E-state index contributed by atoms with van der Waals surface area (Å²) in [7, 11) is 0. The molecule has 0 amide bonds. The molecule has 0 aliphatic carbocycles. The van der Waals surface area contributed by atoms with Crippen LogP contribution in [0.25, 0.3) is 0 Å². The molecule has 2 rings (SSSR count). The zero-order valence-corrected chi connectivity index (χ0v) is 12.1. The predicted octanol–water partition coefficient (Wildman–Crippen LogP) is 4.10. The van der Waals surface area contributed by atoms with Crippen molar-refractivity contribution in [3.8, 4) is 0 Å². The van der Waals surface area contributed by atoms with Gasteiger partial charge in [0.05, 0.1) is 0 Å². The minimum absolute atomic E-state index is 0.276. The maximum atomic E-state index is 13.6. The van der Waals surface area contributed by atoms with Gasteiger partial charge in [0.15, 0.2) is 11.6 Å². The summed E-state index contributed by atoms with van der Waals surface area (Å²) in [6.07, 6.45) is -1.33. The number of aryl methyl sites for hydroxylation is 1. The van der Waals surface area contributed by atoms with E-state index in [-0.39, 0.29) is 5.56 Å². The second-order valence-electron chi connectivity index (χ2n) is 4.17. The maximum Gasteiger partial charge on any atom is 0.161 e. The minimum atomic E-state index is -1.33. The quantitative estimate of drug-likeness (QED) is 0.617. The Kier molecular flexibility index (Phi) is 4.15. The summed E-state index contributed by atoms with van der Waals surface area (Å²) < 4.78 is 40.4. The highest BCUT2D eigenvalue weighted by molar-refractivity contribution is 14.1. The molecular weight excluding hydrogens is 368 g/mol. The fourth-order valence-electron chi connectivity index (χ4n) is 1.80. The summed E-state index contributed by atoms with van der Waals surface area (Å²) >= 11 is 2.02. The third-order valence-corrected chi connectivity index (χ3v) is 4.32. The van der Waals surface area contributed by atoms with E-state index in [1.807, 2.05) is 35.6 Å². The Morgan fingerprint density at radius 3 is 2.32 bits per heavy atom. The Morgan fingerprint density at radius 1 is 1.00 bits per heavy atom. The van der Waals surface area contributed by atoms with Gasteiger partial charge in [0.1, 0.15) is 11.9 Å². The summed E-state index contributed by atoms with van der Waals surface area (Å²) in [6.45, 7) is 1.85. The average Bonchev–Trinajstić information content (AvgIpc) is 2.36. The van der Waals surface area contributed by atoms with Crippen LogP contribution in [0.3, 0.4) is 0 Å². The Labute approximate surface area is 122 Å². The van der Waals surface area contributed by atoms with Gasteiger partial charge in [0.25, 0.3) is 0 Å². The Morgan fingerprint density at radius 2 is 1.63 bits per heavy atom. The van der Waals surface area contributed by atoms with Crippen molar-refractivity contribution < 1.29 is 18.3 Å². The van der Waals surface area contributed by atoms with E-state index in [2.05, 4.69) is 0 Å². The molecule has 0 spiro atoms. The van der Waals surface area contributed by atoms with Crippen LogP contribution in [-0.2, 0) is 0 Å². The number of benzene rings is 2. The zero-order chi connectivity index (χ0) is 14.2. The number of hydrogen-bond donors (Lipinski definition) is 1. The van der Waals surface area contributed by atoms with Crippen molar-refractivity contribution in [2.75, 3.05) is 0 Å². The van der Waals surface area contributed by atoms with Crippen LogP contribution in [-0.4, -0.2) is 5.11 Å². The van der Waals surface area contributed by atoms with Crippen LogP contribution in [0.5, 0.6) is 0 Å². The summed E-state index contributed by atoms with van der Waals surface area (Å²) in [5, 5.41) is 10.2. The molecule has 1 nitrogen and oxygen atoms in total. The molecule has 0 radical (unpaired) electrons. The van der Waals surface area contributed by atoms with Crippen molar-refractivity contribution in [3.63, 3.8) is 0 Å². The second kappa shape index (κ2) is 5.50. The van der Waals surface area contributed by atoms with Gasteiger partial charge in [-0.15, -0.1) is 0 Å². The van der Waals surface area contributed by atoms with Gasteiger partial charge in [0, 0.05) is 15.2 Å². The Bertz CT molecular complexity index is 628. The fourth-order valence-corrected chi connectivity index (χ4v) is 2.45. The van der Waals surface area contributed by atoms with E-state index in [9.17, 15) is 18.3 Å². The van der Waals surface area contributed by atoms with Crippen molar-refractivity contribution in [1.82, 2.24) is 0 Å². The molecule has 19 heavy (non-hydrogen) atoms. The highest BCUT2D eigenvalue weighted by atomic mass is 127. The van der Waals surface area contributed by atoms with Crippen molar-refractivity contribution >= 4 is 22.6 Å². The van der Waals surface area contributed by atoms with Crippen LogP contribution < -0.4 is 0 Å². The first-order valence-electron chi connectivity index (χ1n) is 5.49. The number of hydrogen-bond acceptors (Lipinski definition) is 1. The lowest BCUT2D eigenvalue weighted by Gasteiger charge is -2.15. The van der Waals surface area contributed by atoms with E-state index >= 15 is 0 Å². The molecule has 0 saturated heterocycles. The maximum absolute atomic E-state index is 13.6. The molecule has 0 saturated carbocycles. The largest absolute Gasteiger partial charge is 0.384 e. The fraction of sp³-hybridized carbons (Fsp3) is 0.143. The van der Waals surface area contributed by atoms with Crippen LogP contribution in [0, 0.1) is 27.9 Å². The van der Waals surface area contributed by atoms with Gasteiger partial charge < -0.3 is 5.11 Å². The van der Waals surface area contributed by atoms with Gasteiger partial charge in [-0.3, -0.25) is 0 Å². The Hall–Kier alpha value is -1.08. The van der Waals surface area contributed by atoms with Gasteiger partial charge in [-0.25, -0.2) is 13.2 Å².